The molecule has 0 radical (unpaired) electrons. The third kappa shape index (κ3) is 6.24. The summed E-state index contributed by atoms with van der Waals surface area (Å²) < 4.78 is 5.13. The molecule has 0 saturated carbocycles. The number of ether oxygens (including phenoxy) is 1. The summed E-state index contributed by atoms with van der Waals surface area (Å²) in [5, 5.41) is 6.56. The van der Waals surface area contributed by atoms with Crippen LogP contribution in [0.1, 0.15) is 51.6 Å². The number of carbonyl (C=O) groups is 1. The van der Waals surface area contributed by atoms with Gasteiger partial charge in [-0.25, -0.2) is 0 Å². The molecule has 1 heterocycles. The predicted molar refractivity (Wildman–Crippen MR) is 107 cm³/mol. The van der Waals surface area contributed by atoms with Crippen LogP contribution in [0.3, 0.4) is 0 Å². The summed E-state index contributed by atoms with van der Waals surface area (Å²) in [6.07, 6.45) is 2.78. The largest absolute Gasteiger partial charge is 0.463 e. The van der Waals surface area contributed by atoms with Crippen LogP contribution in [0.25, 0.3) is 0 Å². The van der Waals surface area contributed by atoms with Crippen LogP contribution >= 0.6 is 0 Å². The molecule has 0 spiro atoms. The minimum absolute atomic E-state index is 0.0807. The zero-order chi connectivity index (χ0) is 18.9. The highest BCUT2D eigenvalue weighted by Gasteiger charge is 2.14. The molecule has 1 unspecified atom stereocenters. The van der Waals surface area contributed by atoms with E-state index in [1.807, 2.05) is 13.8 Å². The van der Waals surface area contributed by atoms with E-state index in [0.29, 0.717) is 18.9 Å². The van der Waals surface area contributed by atoms with Gasteiger partial charge >= 0.3 is 5.97 Å². The molecule has 1 atom stereocenters. The van der Waals surface area contributed by atoms with Crippen LogP contribution in [0, 0.1) is 0 Å². The second kappa shape index (κ2) is 10.0. The van der Waals surface area contributed by atoms with Crippen LogP contribution in [-0.2, 0) is 9.53 Å². The van der Waals surface area contributed by atoms with Crippen molar-refractivity contribution in [1.29, 1.82) is 0 Å². The van der Waals surface area contributed by atoms with Crippen molar-refractivity contribution in [2.24, 2.45) is 4.99 Å². The quantitative estimate of drug-likeness (QED) is 0.445. The summed E-state index contributed by atoms with van der Waals surface area (Å²) in [5.74, 6) is 0.482. The van der Waals surface area contributed by atoms with Crippen molar-refractivity contribution in [3.63, 3.8) is 0 Å². The SMILES string of the molecule is CN=C(NCCC(=O)OC(C)C)NC(C)c1cccc(N2CCCC2)c1. The number of anilines is 1. The van der Waals surface area contributed by atoms with E-state index in [9.17, 15) is 4.79 Å². The van der Waals surface area contributed by atoms with Gasteiger partial charge in [0.1, 0.15) is 0 Å². The maximum atomic E-state index is 11.6. The number of carbonyl (C=O) groups excluding carboxylic acids is 1. The molecule has 1 aromatic rings. The summed E-state index contributed by atoms with van der Waals surface area (Å²) in [6.45, 7) is 8.59. The van der Waals surface area contributed by atoms with Crippen molar-refractivity contribution in [2.45, 2.75) is 52.2 Å². The topological polar surface area (TPSA) is 66.0 Å². The molecule has 0 aromatic heterocycles. The van der Waals surface area contributed by atoms with Gasteiger partial charge in [0.15, 0.2) is 5.96 Å². The average Bonchev–Trinajstić information content (AvgIpc) is 3.15. The number of guanidine groups is 1. The van der Waals surface area contributed by atoms with Crippen molar-refractivity contribution < 1.29 is 9.53 Å². The molecular weight excluding hydrogens is 328 g/mol. The molecule has 26 heavy (non-hydrogen) atoms. The van der Waals surface area contributed by atoms with Crippen LogP contribution in [0.5, 0.6) is 0 Å². The van der Waals surface area contributed by atoms with Gasteiger partial charge in [-0.2, -0.15) is 0 Å². The van der Waals surface area contributed by atoms with Gasteiger partial charge in [0, 0.05) is 32.4 Å². The summed E-state index contributed by atoms with van der Waals surface area (Å²) in [4.78, 5) is 18.3. The second-order valence-corrected chi connectivity index (χ2v) is 6.94. The van der Waals surface area contributed by atoms with Crippen molar-refractivity contribution in [1.82, 2.24) is 10.6 Å². The van der Waals surface area contributed by atoms with Gasteiger partial charge in [0.25, 0.3) is 0 Å². The Kier molecular flexibility index (Phi) is 7.75. The first-order valence-corrected chi connectivity index (χ1v) is 9.51. The minimum Gasteiger partial charge on any atom is -0.463 e. The first kappa shape index (κ1) is 20.1. The van der Waals surface area contributed by atoms with Gasteiger partial charge < -0.3 is 20.3 Å². The lowest BCUT2D eigenvalue weighted by atomic mass is 10.1. The molecule has 1 aliphatic rings. The molecule has 0 amide bonds. The Morgan fingerprint density at radius 2 is 2.00 bits per heavy atom. The van der Waals surface area contributed by atoms with Crippen molar-refractivity contribution in [3.05, 3.63) is 29.8 Å². The zero-order valence-corrected chi connectivity index (χ0v) is 16.4. The molecule has 0 aliphatic carbocycles. The van der Waals surface area contributed by atoms with E-state index >= 15 is 0 Å². The average molecular weight is 361 g/mol. The van der Waals surface area contributed by atoms with Crippen molar-refractivity contribution in [3.8, 4) is 0 Å². The van der Waals surface area contributed by atoms with Gasteiger partial charge in [-0.3, -0.25) is 9.79 Å². The number of rotatable bonds is 7. The lowest BCUT2D eigenvalue weighted by Gasteiger charge is -2.22. The molecule has 0 bridgehead atoms. The third-order valence-electron chi connectivity index (χ3n) is 4.41. The maximum Gasteiger partial charge on any atom is 0.307 e. The van der Waals surface area contributed by atoms with Crippen LogP contribution in [0.2, 0.25) is 0 Å². The Morgan fingerprint density at radius 1 is 1.27 bits per heavy atom. The zero-order valence-electron chi connectivity index (χ0n) is 16.4. The number of hydrogen-bond donors (Lipinski definition) is 2. The van der Waals surface area contributed by atoms with Crippen LogP contribution in [0.15, 0.2) is 29.3 Å². The van der Waals surface area contributed by atoms with Crippen LogP contribution in [-0.4, -0.2) is 44.7 Å². The molecule has 6 heteroatoms. The van der Waals surface area contributed by atoms with Crippen molar-refractivity contribution in [2.75, 3.05) is 31.6 Å². The minimum atomic E-state index is -0.200. The van der Waals surface area contributed by atoms with E-state index in [0.717, 1.165) is 13.1 Å². The smallest absolute Gasteiger partial charge is 0.307 e. The number of hydrogen-bond acceptors (Lipinski definition) is 4. The number of aliphatic imine (C=N–C) groups is 1. The molecule has 2 N–H and O–H groups in total. The Labute approximate surface area is 157 Å². The standard InChI is InChI=1S/C20H32N4O2/c1-15(2)26-19(25)10-11-22-20(21-4)23-16(3)17-8-7-9-18(14-17)24-12-5-6-13-24/h7-9,14-16H,5-6,10-13H2,1-4H3,(H2,21,22,23). The molecule has 1 fully saturated rings. The maximum absolute atomic E-state index is 11.6. The highest BCUT2D eigenvalue weighted by atomic mass is 16.5. The Bertz CT molecular complexity index is 610. The fourth-order valence-electron chi connectivity index (χ4n) is 3.05. The lowest BCUT2D eigenvalue weighted by Crippen LogP contribution is -2.39. The van der Waals surface area contributed by atoms with E-state index in [2.05, 4.69) is 51.7 Å². The fourth-order valence-corrected chi connectivity index (χ4v) is 3.05. The van der Waals surface area contributed by atoms with E-state index in [1.165, 1.54) is 24.1 Å². The van der Waals surface area contributed by atoms with E-state index in [-0.39, 0.29) is 18.1 Å². The Morgan fingerprint density at radius 3 is 2.65 bits per heavy atom. The number of nitrogens with zero attached hydrogens (tertiary/aromatic N) is 2. The second-order valence-electron chi connectivity index (χ2n) is 6.94. The van der Waals surface area contributed by atoms with Gasteiger partial charge in [-0.1, -0.05) is 12.1 Å². The molecule has 6 nitrogen and oxygen atoms in total. The van der Waals surface area contributed by atoms with Crippen LogP contribution < -0.4 is 15.5 Å². The van der Waals surface area contributed by atoms with Gasteiger partial charge in [0.2, 0.25) is 0 Å². The molecule has 2 rings (SSSR count). The summed E-state index contributed by atoms with van der Waals surface area (Å²) >= 11 is 0. The molecule has 1 saturated heterocycles. The summed E-state index contributed by atoms with van der Waals surface area (Å²) in [5.41, 5.74) is 2.50. The monoisotopic (exact) mass is 360 g/mol. The summed E-state index contributed by atoms with van der Waals surface area (Å²) in [6, 6.07) is 8.78. The van der Waals surface area contributed by atoms with Crippen LogP contribution in [0.4, 0.5) is 5.69 Å². The highest BCUT2D eigenvalue weighted by Crippen LogP contribution is 2.23. The molecule has 144 valence electrons. The van der Waals surface area contributed by atoms with E-state index in [4.69, 9.17) is 4.74 Å². The Balaban J connectivity index is 1.85. The van der Waals surface area contributed by atoms with E-state index in [1.54, 1.807) is 7.05 Å². The van der Waals surface area contributed by atoms with E-state index < -0.39 is 0 Å². The fraction of sp³-hybridized carbons (Fsp3) is 0.600. The van der Waals surface area contributed by atoms with Crippen molar-refractivity contribution >= 4 is 17.6 Å². The number of esters is 1. The number of benzene rings is 1. The predicted octanol–water partition coefficient (Wildman–Crippen LogP) is 2.85. The molecule has 1 aliphatic heterocycles. The first-order valence-electron chi connectivity index (χ1n) is 9.51. The van der Waals surface area contributed by atoms with Gasteiger partial charge in [-0.15, -0.1) is 0 Å². The molecule has 1 aromatic carbocycles. The normalized spacial score (nSPS) is 15.9. The highest BCUT2D eigenvalue weighted by molar-refractivity contribution is 5.80. The summed E-state index contributed by atoms with van der Waals surface area (Å²) in [7, 11) is 1.73. The molecular formula is C20H32N4O2. The third-order valence-corrected chi connectivity index (χ3v) is 4.41. The van der Waals surface area contributed by atoms with Gasteiger partial charge in [0.05, 0.1) is 18.6 Å². The first-order chi connectivity index (χ1) is 12.5. The number of nitrogens with one attached hydrogen (secondary N) is 2. The lowest BCUT2D eigenvalue weighted by molar-refractivity contribution is -0.147. The Hall–Kier alpha value is -2.24. The van der Waals surface area contributed by atoms with Gasteiger partial charge in [-0.05, 0) is 51.3 Å².